The molecule has 3 aromatic heterocycles. The van der Waals surface area contributed by atoms with Gasteiger partial charge in [0, 0.05) is 42.8 Å². The summed E-state index contributed by atoms with van der Waals surface area (Å²) in [4.78, 5) is 59.3. The first-order valence-corrected chi connectivity index (χ1v) is 20.1. The van der Waals surface area contributed by atoms with Crippen molar-refractivity contribution in [3.05, 3.63) is 107 Å². The zero-order valence-corrected chi connectivity index (χ0v) is 34.2. The molecule has 63 heavy (non-hydrogen) atoms. The summed E-state index contributed by atoms with van der Waals surface area (Å²) in [5, 5.41) is 69.0. The van der Waals surface area contributed by atoms with E-state index in [2.05, 4.69) is 10.3 Å². The fourth-order valence-electron chi connectivity index (χ4n) is 7.80. The van der Waals surface area contributed by atoms with Crippen molar-refractivity contribution < 1.29 is 68.5 Å². The van der Waals surface area contributed by atoms with Gasteiger partial charge in [-0.25, -0.2) is 9.59 Å². The topological polar surface area (TPSA) is 272 Å². The number of aryl methyl sites for hydroxylation is 2. The van der Waals surface area contributed by atoms with Crippen LogP contribution < -0.4 is 20.3 Å². The van der Waals surface area contributed by atoms with Gasteiger partial charge in [-0.1, -0.05) is 29.3 Å². The summed E-state index contributed by atoms with van der Waals surface area (Å²) in [6, 6.07) is 15.9. The fraction of sp³-hybridized carbons (Fsp3) is 0.333. The number of carbonyl (C=O) groups excluding carboxylic acids is 2. The zero-order valence-electron chi connectivity index (χ0n) is 34.2. The Morgan fingerprint density at radius 1 is 1.05 bits per heavy atom. The maximum atomic E-state index is 13.6. The molecule has 18 heteroatoms. The second-order valence-corrected chi connectivity index (χ2v) is 15.4. The molecule has 4 heterocycles. The van der Waals surface area contributed by atoms with Crippen molar-refractivity contribution >= 4 is 40.1 Å². The number of aliphatic hydroxyl groups excluding tert-OH is 3. The van der Waals surface area contributed by atoms with Gasteiger partial charge in [-0.2, -0.15) is 4.73 Å². The second-order valence-electron chi connectivity index (χ2n) is 15.4. The summed E-state index contributed by atoms with van der Waals surface area (Å²) < 4.78 is 25.1. The van der Waals surface area contributed by atoms with Crippen molar-refractivity contribution in [1.82, 2.24) is 15.0 Å². The molecule has 3 aromatic carbocycles. The van der Waals surface area contributed by atoms with Gasteiger partial charge in [-0.15, -0.1) is 0 Å². The number of aromatic hydroxyl groups is 1. The number of hydrogen-bond donors (Lipinski definition) is 8. The monoisotopic (exact) mass is 869 g/mol. The van der Waals surface area contributed by atoms with Crippen molar-refractivity contribution in [1.29, 1.82) is 0 Å². The average Bonchev–Trinajstić information content (AvgIpc) is 3.85. The van der Waals surface area contributed by atoms with Gasteiger partial charge in [0.15, 0.2) is 11.0 Å². The third kappa shape index (κ3) is 9.17. The molecule has 0 aliphatic carbocycles. The van der Waals surface area contributed by atoms with Crippen LogP contribution in [0.5, 0.6) is 11.5 Å². The molecule has 0 radical (unpaired) electrons. The summed E-state index contributed by atoms with van der Waals surface area (Å²) in [6.45, 7) is 2.43. The van der Waals surface area contributed by atoms with E-state index in [9.17, 15) is 49.8 Å². The van der Waals surface area contributed by atoms with Crippen LogP contribution in [0, 0.1) is 13.8 Å². The molecular formula is C45H47N3O15. The van der Waals surface area contributed by atoms with E-state index in [1.54, 1.807) is 30.6 Å². The zero-order chi connectivity index (χ0) is 45.0. The van der Waals surface area contributed by atoms with Crippen LogP contribution >= 0.6 is 0 Å². The lowest BCUT2D eigenvalue weighted by atomic mass is 9.78. The summed E-state index contributed by atoms with van der Waals surface area (Å²) in [5.74, 6) is -2.90. The first kappa shape index (κ1) is 44.5. The number of fused-ring (bicyclic) bond motifs is 2. The number of carbonyl (C=O) groups is 3. The standard InChI is InChI=1S/C45H47N3O15/c1-24-17-25(2)19-28(18-24)38-36-27(12-14-47-36)21-48(38)63-41-44(61-30-10-11-31-33(20-30)59-22-32(39(31)53)26-6-8-29(51)9-7-26)62-34(40(54)45(41,58)35(52)5-3-15-49)23-60-43(57)37(42(55)56)46-13-4-16-50/h6-12,14,16-22,34-35,37,40-41,44,46-47,49,51-52,54,58H,3-5,13,15,23H2,1-2H3,(H,55,56). The molecule has 1 fully saturated rings. The number of aromatic amines is 1. The molecule has 18 nitrogen and oxygen atoms in total. The second kappa shape index (κ2) is 18.8. The maximum absolute atomic E-state index is 13.6. The van der Waals surface area contributed by atoms with Crippen molar-refractivity contribution in [3.63, 3.8) is 0 Å². The van der Waals surface area contributed by atoms with Crippen LogP contribution in [-0.4, -0.2) is 121 Å². The van der Waals surface area contributed by atoms with Crippen molar-refractivity contribution in [2.45, 2.75) is 75.5 Å². The number of ether oxygens (including phenoxy) is 3. The highest BCUT2D eigenvalue weighted by Crippen LogP contribution is 2.39. The summed E-state index contributed by atoms with van der Waals surface area (Å²) >= 11 is 0. The van der Waals surface area contributed by atoms with Crippen LogP contribution in [0.4, 0.5) is 0 Å². The number of aliphatic carboxylic acids is 1. The number of rotatable bonds is 18. The van der Waals surface area contributed by atoms with E-state index in [4.69, 9.17) is 23.5 Å². The highest BCUT2D eigenvalue weighted by atomic mass is 16.8. The van der Waals surface area contributed by atoms with Crippen LogP contribution in [0.1, 0.15) is 30.4 Å². The van der Waals surface area contributed by atoms with Gasteiger partial charge in [0.2, 0.25) is 18.4 Å². The van der Waals surface area contributed by atoms with Crippen molar-refractivity contribution in [3.8, 4) is 33.9 Å². The minimum atomic E-state index is -2.73. The molecule has 1 aliphatic rings. The highest BCUT2D eigenvalue weighted by Gasteiger charge is 2.62. The van der Waals surface area contributed by atoms with E-state index in [1.807, 2.05) is 32.0 Å². The van der Waals surface area contributed by atoms with Crippen LogP contribution in [-0.2, 0) is 23.9 Å². The lowest BCUT2D eigenvalue weighted by Crippen LogP contribution is -2.74. The number of esters is 1. The molecule has 7 atom stereocenters. The quantitative estimate of drug-likeness (QED) is 0.0267. The molecule has 0 spiro atoms. The van der Waals surface area contributed by atoms with Gasteiger partial charge >= 0.3 is 11.9 Å². The number of benzene rings is 3. The van der Waals surface area contributed by atoms with E-state index in [0.29, 0.717) is 34.0 Å². The number of carboxylic acid groups (broad SMARTS) is 1. The van der Waals surface area contributed by atoms with Crippen LogP contribution in [0.3, 0.4) is 0 Å². The van der Waals surface area contributed by atoms with Gasteiger partial charge in [-0.05, 0) is 74.7 Å². The molecule has 0 saturated carbocycles. The van der Waals surface area contributed by atoms with Gasteiger partial charge < -0.3 is 63.9 Å². The normalized spacial score (nSPS) is 20.9. The first-order chi connectivity index (χ1) is 30.2. The Labute approximate surface area is 358 Å². The van der Waals surface area contributed by atoms with Gasteiger partial charge in [0.1, 0.15) is 54.1 Å². The highest BCUT2D eigenvalue weighted by molar-refractivity contribution is 5.98. The third-order valence-electron chi connectivity index (χ3n) is 10.9. The Hall–Kier alpha value is -6.54. The molecule has 6 aromatic rings. The van der Waals surface area contributed by atoms with Crippen LogP contribution in [0.2, 0.25) is 0 Å². The predicted octanol–water partition coefficient (Wildman–Crippen LogP) is 2.73. The molecule has 7 rings (SSSR count). The Morgan fingerprint density at radius 3 is 2.49 bits per heavy atom. The van der Waals surface area contributed by atoms with Crippen molar-refractivity contribution in [2.24, 2.45) is 0 Å². The fourth-order valence-corrected chi connectivity index (χ4v) is 7.80. The number of H-pyrrole nitrogens is 1. The summed E-state index contributed by atoms with van der Waals surface area (Å²) in [6.07, 6.45) is -4.54. The number of phenolic OH excluding ortho intramolecular Hbond substituents is 1. The number of aromatic nitrogens is 2. The minimum Gasteiger partial charge on any atom is -0.508 e. The van der Waals surface area contributed by atoms with E-state index >= 15 is 0 Å². The van der Waals surface area contributed by atoms with Crippen LogP contribution in [0.15, 0.2) is 94.6 Å². The average molecular weight is 870 g/mol. The molecular weight excluding hydrogens is 823 g/mol. The van der Waals surface area contributed by atoms with E-state index < -0.39 is 72.9 Å². The van der Waals surface area contributed by atoms with E-state index in [-0.39, 0.29) is 53.8 Å². The number of aldehydes is 1. The predicted molar refractivity (Wildman–Crippen MR) is 225 cm³/mol. The number of nitrogens with zero attached hydrogens (tertiary/aromatic N) is 1. The molecule has 8 N–H and O–H groups in total. The number of carboxylic acids is 1. The summed E-state index contributed by atoms with van der Waals surface area (Å²) in [7, 11) is 0. The smallest absolute Gasteiger partial charge is 0.334 e. The van der Waals surface area contributed by atoms with Crippen LogP contribution in [0.25, 0.3) is 44.3 Å². The SMILES string of the molecule is Cc1cc(C)cc(-c2c3[nH]ccc3cn2OC2C(Oc3ccc4c(=O)c(-c5ccc(O)cc5)coc4c3)OC(COC(=O)C(NCCC=O)C(=O)O)C(O)C2(O)C(O)CCCO)c1. The molecule has 1 saturated heterocycles. The Kier molecular flexibility index (Phi) is 13.3. The maximum Gasteiger partial charge on any atom is 0.334 e. The van der Waals surface area contributed by atoms with Gasteiger partial charge in [-0.3, -0.25) is 10.1 Å². The van der Waals surface area contributed by atoms with E-state index in [0.717, 1.165) is 11.1 Å². The lowest BCUT2D eigenvalue weighted by molar-refractivity contribution is -0.341. The van der Waals surface area contributed by atoms with Crippen molar-refractivity contribution in [2.75, 3.05) is 19.8 Å². The van der Waals surface area contributed by atoms with Gasteiger partial charge in [0.05, 0.1) is 28.8 Å². The molecule has 7 unspecified atom stereocenters. The Balaban J connectivity index is 1.30. The third-order valence-corrected chi connectivity index (χ3v) is 10.9. The number of phenols is 1. The number of hydrogen-bond acceptors (Lipinski definition) is 15. The first-order valence-electron chi connectivity index (χ1n) is 20.1. The summed E-state index contributed by atoms with van der Waals surface area (Å²) in [5.41, 5.74) is 1.40. The van der Waals surface area contributed by atoms with Gasteiger partial charge in [0.25, 0.3) is 0 Å². The molecule has 332 valence electrons. The lowest BCUT2D eigenvalue weighted by Gasteiger charge is -2.50. The molecule has 1 aliphatic heterocycles. The largest absolute Gasteiger partial charge is 0.508 e. The molecule has 0 bridgehead atoms. The minimum absolute atomic E-state index is 0.000387. The Morgan fingerprint density at radius 2 is 1.79 bits per heavy atom. The Bertz CT molecular complexity index is 2630. The molecule has 0 amide bonds. The van der Waals surface area contributed by atoms with E-state index in [1.165, 1.54) is 41.3 Å². The number of aliphatic hydroxyl groups is 4. The number of nitrogens with one attached hydrogen (secondary N) is 2.